The van der Waals surface area contributed by atoms with Crippen molar-refractivity contribution >= 4 is 49.1 Å². The molecule has 0 saturated heterocycles. The summed E-state index contributed by atoms with van der Waals surface area (Å²) >= 11 is 6.94. The molecule has 1 aromatic carbocycles. The van der Waals surface area contributed by atoms with Crippen molar-refractivity contribution in [2.45, 2.75) is 20.3 Å². The minimum absolute atomic E-state index is 0.168. The number of nitrogens with one attached hydrogen (secondary N) is 1. The van der Waals surface area contributed by atoms with Crippen LogP contribution in [-0.2, 0) is 6.42 Å². The maximum Gasteiger partial charge on any atom is 0.274 e. The van der Waals surface area contributed by atoms with Crippen molar-refractivity contribution < 1.29 is 4.79 Å². The number of benzene rings is 1. The van der Waals surface area contributed by atoms with Crippen molar-refractivity contribution in [2.75, 3.05) is 5.32 Å². The van der Waals surface area contributed by atoms with E-state index in [4.69, 9.17) is 0 Å². The first-order chi connectivity index (χ1) is 11.0. The van der Waals surface area contributed by atoms with Gasteiger partial charge in [0.15, 0.2) is 0 Å². The largest absolute Gasteiger partial charge is 0.320 e. The molecule has 2 heterocycles. The Morgan fingerprint density at radius 1 is 1.30 bits per heavy atom. The van der Waals surface area contributed by atoms with Crippen LogP contribution in [0.5, 0.6) is 0 Å². The average Bonchev–Trinajstić information content (AvgIpc) is 2.88. The predicted octanol–water partition coefficient (Wildman–Crippen LogP) is 4.98. The molecular weight excluding hydrogens is 422 g/mol. The number of halogens is 2. The number of aryl methyl sites for hydroxylation is 2. The fourth-order valence-electron chi connectivity index (χ4n) is 2.55. The molecule has 0 aliphatic carbocycles. The number of fused-ring (bicyclic) bond motifs is 1. The van der Waals surface area contributed by atoms with Crippen LogP contribution in [0, 0.1) is 6.92 Å². The summed E-state index contributed by atoms with van der Waals surface area (Å²) in [6, 6.07) is 9.54. The fourth-order valence-corrected chi connectivity index (χ4v) is 3.48. The predicted molar refractivity (Wildman–Crippen MR) is 99.1 cm³/mol. The number of anilines is 1. The Labute approximate surface area is 151 Å². The van der Waals surface area contributed by atoms with Gasteiger partial charge in [0, 0.05) is 15.1 Å². The minimum atomic E-state index is -0.168. The summed E-state index contributed by atoms with van der Waals surface area (Å²) in [7, 11) is 0. The summed E-state index contributed by atoms with van der Waals surface area (Å²) in [5.41, 5.74) is 3.93. The summed E-state index contributed by atoms with van der Waals surface area (Å²) in [4.78, 5) is 17.5. The van der Waals surface area contributed by atoms with Gasteiger partial charge < -0.3 is 5.32 Å². The van der Waals surface area contributed by atoms with Gasteiger partial charge in [-0.15, -0.1) is 0 Å². The third-order valence-electron chi connectivity index (χ3n) is 3.61. The molecule has 0 aliphatic rings. The second-order valence-electron chi connectivity index (χ2n) is 5.23. The third kappa shape index (κ3) is 3.05. The van der Waals surface area contributed by atoms with E-state index >= 15 is 0 Å². The lowest BCUT2D eigenvalue weighted by Crippen LogP contribution is -2.16. The molecular formula is C17H15Br2N3O. The van der Waals surface area contributed by atoms with Gasteiger partial charge in [-0.2, -0.15) is 0 Å². The van der Waals surface area contributed by atoms with E-state index in [9.17, 15) is 4.79 Å². The molecule has 0 fully saturated rings. The standard InChI is InChI=1S/C17H15Br2N3O/c1-3-13-15(17(23)21-14-7-5-4-6-12(14)19)22-9-11(18)8-10(2)16(22)20-13/h4-9H,3H2,1-2H3,(H,21,23). The lowest BCUT2D eigenvalue weighted by Gasteiger charge is -2.09. The van der Waals surface area contributed by atoms with Crippen LogP contribution in [0.2, 0.25) is 0 Å². The van der Waals surface area contributed by atoms with Gasteiger partial charge in [0.05, 0.1) is 11.4 Å². The number of carbonyl (C=O) groups is 1. The van der Waals surface area contributed by atoms with Gasteiger partial charge >= 0.3 is 0 Å². The van der Waals surface area contributed by atoms with Crippen LogP contribution in [0.3, 0.4) is 0 Å². The molecule has 2 aromatic heterocycles. The SMILES string of the molecule is CCc1nc2c(C)cc(Br)cn2c1C(=O)Nc1ccccc1Br. The van der Waals surface area contributed by atoms with E-state index in [2.05, 4.69) is 42.2 Å². The van der Waals surface area contributed by atoms with Gasteiger partial charge in [-0.25, -0.2) is 4.98 Å². The van der Waals surface area contributed by atoms with Gasteiger partial charge in [-0.3, -0.25) is 9.20 Å². The smallest absolute Gasteiger partial charge is 0.274 e. The number of carbonyl (C=O) groups excluding carboxylic acids is 1. The summed E-state index contributed by atoms with van der Waals surface area (Å²) in [6.45, 7) is 3.99. The zero-order valence-corrected chi connectivity index (χ0v) is 15.9. The highest BCUT2D eigenvalue weighted by Crippen LogP contribution is 2.25. The van der Waals surface area contributed by atoms with Crippen LogP contribution < -0.4 is 5.32 Å². The number of hydrogen-bond donors (Lipinski definition) is 1. The van der Waals surface area contributed by atoms with E-state index in [-0.39, 0.29) is 5.91 Å². The third-order valence-corrected chi connectivity index (χ3v) is 4.74. The lowest BCUT2D eigenvalue weighted by molar-refractivity contribution is 0.102. The molecule has 6 heteroatoms. The summed E-state index contributed by atoms with van der Waals surface area (Å²) < 4.78 is 3.61. The van der Waals surface area contributed by atoms with E-state index in [1.54, 1.807) is 0 Å². The van der Waals surface area contributed by atoms with Crippen molar-refractivity contribution in [3.05, 3.63) is 62.4 Å². The first kappa shape index (κ1) is 16.2. The maximum atomic E-state index is 12.8. The number of nitrogens with zero attached hydrogens (tertiary/aromatic N) is 2. The Hall–Kier alpha value is -1.66. The molecule has 118 valence electrons. The first-order valence-electron chi connectivity index (χ1n) is 7.24. The number of aromatic nitrogens is 2. The van der Waals surface area contributed by atoms with Crippen LogP contribution >= 0.6 is 31.9 Å². The van der Waals surface area contributed by atoms with Gasteiger partial charge in [-0.1, -0.05) is 19.1 Å². The van der Waals surface area contributed by atoms with Crippen molar-refractivity contribution in [2.24, 2.45) is 0 Å². The van der Waals surface area contributed by atoms with Crippen molar-refractivity contribution in [3.8, 4) is 0 Å². The van der Waals surface area contributed by atoms with Gasteiger partial charge in [-0.05, 0) is 69.0 Å². The molecule has 0 bridgehead atoms. The Bertz CT molecular complexity index is 902. The minimum Gasteiger partial charge on any atom is -0.320 e. The van der Waals surface area contributed by atoms with Gasteiger partial charge in [0.25, 0.3) is 5.91 Å². The number of pyridine rings is 1. The van der Waals surface area contributed by atoms with E-state index in [0.29, 0.717) is 12.1 Å². The number of para-hydroxylation sites is 1. The Morgan fingerprint density at radius 3 is 2.74 bits per heavy atom. The van der Waals surface area contributed by atoms with E-state index in [0.717, 1.165) is 31.5 Å². The van der Waals surface area contributed by atoms with Crippen LogP contribution in [0.15, 0.2) is 45.5 Å². The number of rotatable bonds is 3. The summed E-state index contributed by atoms with van der Waals surface area (Å²) in [5.74, 6) is -0.168. The highest BCUT2D eigenvalue weighted by molar-refractivity contribution is 9.10. The molecule has 0 unspecified atom stereocenters. The number of hydrogen-bond acceptors (Lipinski definition) is 2. The molecule has 0 aliphatic heterocycles. The van der Waals surface area contributed by atoms with Crippen molar-refractivity contribution in [1.29, 1.82) is 0 Å². The Kier molecular flexibility index (Phi) is 4.55. The van der Waals surface area contributed by atoms with Gasteiger partial charge in [0.2, 0.25) is 0 Å². The topological polar surface area (TPSA) is 46.4 Å². The maximum absolute atomic E-state index is 12.8. The van der Waals surface area contributed by atoms with Crippen LogP contribution in [-0.4, -0.2) is 15.3 Å². The van der Waals surface area contributed by atoms with Crippen LogP contribution in [0.4, 0.5) is 5.69 Å². The molecule has 0 radical (unpaired) electrons. The van der Waals surface area contributed by atoms with E-state index < -0.39 is 0 Å². The highest BCUT2D eigenvalue weighted by Gasteiger charge is 2.20. The number of amides is 1. The molecule has 23 heavy (non-hydrogen) atoms. The van der Waals surface area contributed by atoms with Crippen molar-refractivity contribution in [1.82, 2.24) is 9.38 Å². The van der Waals surface area contributed by atoms with Gasteiger partial charge in [0.1, 0.15) is 11.3 Å². The van der Waals surface area contributed by atoms with E-state index in [1.807, 2.05) is 54.8 Å². The summed E-state index contributed by atoms with van der Waals surface area (Å²) in [6.07, 6.45) is 2.57. The molecule has 0 spiro atoms. The fraction of sp³-hybridized carbons (Fsp3) is 0.176. The monoisotopic (exact) mass is 435 g/mol. The second kappa shape index (κ2) is 6.45. The van der Waals surface area contributed by atoms with E-state index in [1.165, 1.54) is 0 Å². The Balaban J connectivity index is 2.11. The van der Waals surface area contributed by atoms with Crippen molar-refractivity contribution in [3.63, 3.8) is 0 Å². The quantitative estimate of drug-likeness (QED) is 0.629. The average molecular weight is 437 g/mol. The van der Waals surface area contributed by atoms with Crippen LogP contribution in [0.25, 0.3) is 5.65 Å². The molecule has 1 amide bonds. The zero-order chi connectivity index (χ0) is 16.6. The zero-order valence-electron chi connectivity index (χ0n) is 12.7. The normalized spacial score (nSPS) is 11.0. The molecule has 0 atom stereocenters. The molecule has 4 nitrogen and oxygen atoms in total. The highest BCUT2D eigenvalue weighted by atomic mass is 79.9. The summed E-state index contributed by atoms with van der Waals surface area (Å²) in [5, 5.41) is 2.96. The second-order valence-corrected chi connectivity index (χ2v) is 7.00. The number of imidazole rings is 1. The molecule has 3 rings (SSSR count). The van der Waals surface area contributed by atoms with Crippen LogP contribution in [0.1, 0.15) is 28.7 Å². The molecule has 3 aromatic rings. The Morgan fingerprint density at radius 2 is 2.04 bits per heavy atom. The molecule has 1 N–H and O–H groups in total. The first-order valence-corrected chi connectivity index (χ1v) is 8.82. The lowest BCUT2D eigenvalue weighted by atomic mass is 10.2. The molecule has 0 saturated carbocycles.